The number of nitriles is 1. The minimum Gasteiger partial charge on any atom is -0.491 e. The van der Waals surface area contributed by atoms with Crippen molar-refractivity contribution >= 4 is 5.69 Å². The monoisotopic (exact) mass is 444 g/mol. The van der Waals surface area contributed by atoms with Gasteiger partial charge in [0.15, 0.2) is 0 Å². The van der Waals surface area contributed by atoms with Crippen molar-refractivity contribution < 1.29 is 9.84 Å². The van der Waals surface area contributed by atoms with E-state index in [4.69, 9.17) is 10.00 Å². The minimum absolute atomic E-state index is 0.0738. The standard InChI is InChI=1S/C26H28N4O3/c1-19-25(15-21(16-27)26(32)28-19)20-6-5-9-24(14-20)33-18-23(31)17-29-10-12-30(13-11-29)22-7-3-2-4-8-22/h2-9,14-15,23,31H,10-13,17-18H2,1H3,(H,28,32). The van der Waals surface area contributed by atoms with Crippen LogP contribution in [-0.2, 0) is 0 Å². The molecule has 1 aliphatic rings. The molecule has 170 valence electrons. The van der Waals surface area contributed by atoms with E-state index in [1.807, 2.05) is 36.4 Å². The maximum absolute atomic E-state index is 11.8. The molecule has 2 heterocycles. The summed E-state index contributed by atoms with van der Waals surface area (Å²) in [6.07, 6.45) is -0.600. The third-order valence-electron chi connectivity index (χ3n) is 5.91. The quantitative estimate of drug-likeness (QED) is 0.582. The summed E-state index contributed by atoms with van der Waals surface area (Å²) in [4.78, 5) is 19.2. The van der Waals surface area contributed by atoms with Gasteiger partial charge in [0, 0.05) is 49.7 Å². The van der Waals surface area contributed by atoms with Crippen molar-refractivity contribution in [2.75, 3.05) is 44.2 Å². The maximum atomic E-state index is 11.8. The number of nitrogens with one attached hydrogen (secondary N) is 1. The molecule has 3 aromatic rings. The van der Waals surface area contributed by atoms with Gasteiger partial charge in [-0.15, -0.1) is 0 Å². The molecule has 1 aromatic heterocycles. The number of ether oxygens (including phenoxy) is 1. The van der Waals surface area contributed by atoms with Crippen molar-refractivity contribution in [1.82, 2.24) is 9.88 Å². The van der Waals surface area contributed by atoms with E-state index in [0.717, 1.165) is 37.3 Å². The molecule has 1 aliphatic heterocycles. The van der Waals surface area contributed by atoms with Crippen LogP contribution in [0, 0.1) is 18.3 Å². The normalized spacial score (nSPS) is 15.1. The van der Waals surface area contributed by atoms with E-state index in [2.05, 4.69) is 39.0 Å². The van der Waals surface area contributed by atoms with Gasteiger partial charge < -0.3 is 19.7 Å². The number of benzene rings is 2. The fraction of sp³-hybridized carbons (Fsp3) is 0.308. The Balaban J connectivity index is 1.31. The van der Waals surface area contributed by atoms with Crippen molar-refractivity contribution in [3.8, 4) is 22.9 Å². The molecule has 1 unspecified atom stereocenters. The molecule has 1 atom stereocenters. The Labute approximate surface area is 193 Å². The number of nitrogens with zero attached hydrogens (tertiary/aromatic N) is 3. The van der Waals surface area contributed by atoms with Crippen molar-refractivity contribution in [3.05, 3.63) is 82.3 Å². The summed E-state index contributed by atoms with van der Waals surface area (Å²) in [5.74, 6) is 0.629. The van der Waals surface area contributed by atoms with Gasteiger partial charge in [0.1, 0.15) is 30.1 Å². The summed E-state index contributed by atoms with van der Waals surface area (Å²) >= 11 is 0. The molecule has 0 spiro atoms. The number of piperazine rings is 1. The van der Waals surface area contributed by atoms with Gasteiger partial charge in [-0.2, -0.15) is 5.26 Å². The van der Waals surface area contributed by atoms with Gasteiger partial charge in [-0.1, -0.05) is 30.3 Å². The highest BCUT2D eigenvalue weighted by Gasteiger charge is 2.20. The van der Waals surface area contributed by atoms with Crippen LogP contribution in [0.3, 0.4) is 0 Å². The Morgan fingerprint density at radius 3 is 2.58 bits per heavy atom. The number of aliphatic hydroxyl groups is 1. The smallest absolute Gasteiger partial charge is 0.266 e. The first kappa shape index (κ1) is 22.6. The second-order valence-electron chi connectivity index (χ2n) is 8.28. The van der Waals surface area contributed by atoms with Gasteiger partial charge in [-0.05, 0) is 42.8 Å². The fourth-order valence-corrected chi connectivity index (χ4v) is 4.13. The van der Waals surface area contributed by atoms with Gasteiger partial charge in [0.25, 0.3) is 5.56 Å². The molecule has 0 radical (unpaired) electrons. The van der Waals surface area contributed by atoms with Crippen molar-refractivity contribution in [1.29, 1.82) is 5.26 Å². The van der Waals surface area contributed by atoms with E-state index in [1.165, 1.54) is 5.69 Å². The molecule has 4 rings (SSSR count). The van der Waals surface area contributed by atoms with E-state index in [0.29, 0.717) is 18.0 Å². The highest BCUT2D eigenvalue weighted by molar-refractivity contribution is 5.68. The number of hydrogen-bond acceptors (Lipinski definition) is 6. The Morgan fingerprint density at radius 2 is 1.85 bits per heavy atom. The summed E-state index contributed by atoms with van der Waals surface area (Å²) in [6, 6.07) is 21.4. The number of H-pyrrole nitrogens is 1. The second-order valence-corrected chi connectivity index (χ2v) is 8.28. The van der Waals surface area contributed by atoms with Crippen LogP contribution in [0.2, 0.25) is 0 Å². The van der Waals surface area contributed by atoms with Crippen LogP contribution in [0.25, 0.3) is 11.1 Å². The summed E-state index contributed by atoms with van der Waals surface area (Å²) in [5.41, 5.74) is 3.22. The number of aromatic nitrogens is 1. The van der Waals surface area contributed by atoms with Crippen LogP contribution in [0.15, 0.2) is 65.5 Å². The van der Waals surface area contributed by atoms with Crippen LogP contribution in [0.5, 0.6) is 5.75 Å². The average Bonchev–Trinajstić information content (AvgIpc) is 2.84. The zero-order valence-electron chi connectivity index (χ0n) is 18.7. The molecule has 0 amide bonds. The molecule has 0 aliphatic carbocycles. The van der Waals surface area contributed by atoms with E-state index in [1.54, 1.807) is 13.0 Å². The lowest BCUT2D eigenvalue weighted by atomic mass is 10.0. The molecule has 7 heteroatoms. The first-order chi connectivity index (χ1) is 16.0. The Hall–Kier alpha value is -3.60. The number of aliphatic hydroxyl groups excluding tert-OH is 1. The summed E-state index contributed by atoms with van der Waals surface area (Å²) in [7, 11) is 0. The van der Waals surface area contributed by atoms with Crippen LogP contribution in [0.4, 0.5) is 5.69 Å². The number of rotatable bonds is 7. The summed E-state index contributed by atoms with van der Waals surface area (Å²) < 4.78 is 5.86. The lowest BCUT2D eigenvalue weighted by Gasteiger charge is -2.36. The Morgan fingerprint density at radius 1 is 1.09 bits per heavy atom. The van der Waals surface area contributed by atoms with Crippen LogP contribution < -0.4 is 15.2 Å². The SMILES string of the molecule is Cc1[nH]c(=O)c(C#N)cc1-c1cccc(OCC(O)CN2CCN(c3ccccc3)CC2)c1. The van der Waals surface area contributed by atoms with E-state index >= 15 is 0 Å². The predicted molar refractivity (Wildman–Crippen MR) is 129 cm³/mol. The second kappa shape index (κ2) is 10.3. The van der Waals surface area contributed by atoms with Gasteiger partial charge >= 0.3 is 0 Å². The largest absolute Gasteiger partial charge is 0.491 e. The zero-order chi connectivity index (χ0) is 23.2. The first-order valence-electron chi connectivity index (χ1n) is 11.1. The van der Waals surface area contributed by atoms with Crippen molar-refractivity contribution in [3.63, 3.8) is 0 Å². The molecule has 33 heavy (non-hydrogen) atoms. The predicted octanol–water partition coefficient (Wildman–Crippen LogP) is 2.78. The van der Waals surface area contributed by atoms with Crippen LogP contribution in [0.1, 0.15) is 11.3 Å². The van der Waals surface area contributed by atoms with Crippen molar-refractivity contribution in [2.24, 2.45) is 0 Å². The van der Waals surface area contributed by atoms with Gasteiger partial charge in [0.2, 0.25) is 0 Å². The number of anilines is 1. The zero-order valence-corrected chi connectivity index (χ0v) is 18.7. The molecule has 2 aromatic carbocycles. The topological polar surface area (TPSA) is 92.6 Å². The number of aromatic amines is 1. The van der Waals surface area contributed by atoms with Gasteiger partial charge in [-0.25, -0.2) is 0 Å². The summed E-state index contributed by atoms with van der Waals surface area (Å²) in [6.45, 7) is 6.21. The van der Waals surface area contributed by atoms with E-state index in [-0.39, 0.29) is 17.7 Å². The maximum Gasteiger partial charge on any atom is 0.266 e. The number of pyridine rings is 1. The third kappa shape index (κ3) is 5.61. The van der Waals surface area contributed by atoms with Gasteiger partial charge in [-0.3, -0.25) is 9.69 Å². The minimum atomic E-state index is -0.600. The molecule has 2 N–H and O–H groups in total. The number of β-amino-alcohol motifs (C(OH)–C–C–N with tert-alkyl or cyclic N) is 1. The molecule has 0 saturated carbocycles. The van der Waals surface area contributed by atoms with Crippen molar-refractivity contribution in [2.45, 2.75) is 13.0 Å². The van der Waals surface area contributed by atoms with Crippen LogP contribution in [-0.4, -0.2) is 60.4 Å². The number of para-hydroxylation sites is 1. The fourth-order valence-electron chi connectivity index (χ4n) is 4.13. The number of aryl methyl sites for hydroxylation is 1. The molecular weight excluding hydrogens is 416 g/mol. The molecule has 1 saturated heterocycles. The highest BCUT2D eigenvalue weighted by atomic mass is 16.5. The lowest BCUT2D eigenvalue weighted by Crippen LogP contribution is -2.49. The summed E-state index contributed by atoms with van der Waals surface area (Å²) in [5, 5.41) is 19.7. The molecule has 0 bridgehead atoms. The van der Waals surface area contributed by atoms with Crippen LogP contribution >= 0.6 is 0 Å². The van der Waals surface area contributed by atoms with Gasteiger partial charge in [0.05, 0.1) is 0 Å². The first-order valence-corrected chi connectivity index (χ1v) is 11.1. The van der Waals surface area contributed by atoms with E-state index in [9.17, 15) is 9.90 Å². The average molecular weight is 445 g/mol. The molecule has 1 fully saturated rings. The third-order valence-corrected chi connectivity index (χ3v) is 5.91. The highest BCUT2D eigenvalue weighted by Crippen LogP contribution is 2.26. The lowest BCUT2D eigenvalue weighted by molar-refractivity contribution is 0.0663. The Bertz CT molecular complexity index is 1180. The molecular formula is C26H28N4O3. The Kier molecular flexibility index (Phi) is 7.08. The number of hydrogen-bond donors (Lipinski definition) is 2. The van der Waals surface area contributed by atoms with E-state index < -0.39 is 6.10 Å². The molecule has 7 nitrogen and oxygen atoms in total.